The second-order valence-corrected chi connectivity index (χ2v) is 9.35. The first-order valence-electron chi connectivity index (χ1n) is 9.32. The van der Waals surface area contributed by atoms with Gasteiger partial charge in [-0.25, -0.2) is 18.4 Å². The number of thiophene rings is 1. The summed E-state index contributed by atoms with van der Waals surface area (Å²) < 4.78 is 33.7. The zero-order valence-electron chi connectivity index (χ0n) is 15.6. The van der Waals surface area contributed by atoms with E-state index in [0.29, 0.717) is 37.0 Å². The van der Waals surface area contributed by atoms with Crippen molar-refractivity contribution in [3.63, 3.8) is 0 Å². The van der Waals surface area contributed by atoms with E-state index in [4.69, 9.17) is 4.74 Å². The number of hydrogen-bond donors (Lipinski definition) is 1. The highest BCUT2D eigenvalue weighted by Crippen LogP contribution is 2.33. The molecule has 1 aliphatic heterocycles. The number of anilines is 2. The van der Waals surface area contributed by atoms with Gasteiger partial charge < -0.3 is 10.1 Å². The van der Waals surface area contributed by atoms with Crippen molar-refractivity contribution in [3.05, 3.63) is 36.0 Å². The Kier molecular flexibility index (Phi) is 5.47. The molecule has 0 radical (unpaired) electrons. The Morgan fingerprint density at radius 1 is 1.18 bits per heavy atom. The van der Waals surface area contributed by atoms with Crippen LogP contribution in [0.25, 0.3) is 10.2 Å². The number of nitrogens with one attached hydrogen (secondary N) is 1. The van der Waals surface area contributed by atoms with Crippen LogP contribution >= 0.6 is 11.3 Å². The van der Waals surface area contributed by atoms with E-state index in [1.165, 1.54) is 17.7 Å². The first-order chi connectivity index (χ1) is 13.6. The van der Waals surface area contributed by atoms with Crippen LogP contribution < -0.4 is 10.1 Å². The summed E-state index contributed by atoms with van der Waals surface area (Å²) >= 11 is 1.53. The lowest BCUT2D eigenvalue weighted by Gasteiger charge is -2.27. The van der Waals surface area contributed by atoms with Crippen LogP contribution in [0.1, 0.15) is 26.2 Å². The summed E-state index contributed by atoms with van der Waals surface area (Å²) in [7, 11) is -3.62. The van der Waals surface area contributed by atoms with Crippen molar-refractivity contribution in [3.8, 4) is 5.75 Å². The van der Waals surface area contributed by atoms with Gasteiger partial charge in [-0.15, -0.1) is 11.3 Å². The van der Waals surface area contributed by atoms with E-state index in [2.05, 4.69) is 15.3 Å². The van der Waals surface area contributed by atoms with Crippen LogP contribution in [0.5, 0.6) is 5.75 Å². The van der Waals surface area contributed by atoms with Gasteiger partial charge in [0, 0.05) is 18.8 Å². The third kappa shape index (κ3) is 3.69. The lowest BCUT2D eigenvalue weighted by molar-refractivity contribution is 0.323. The molecule has 4 rings (SSSR count). The van der Waals surface area contributed by atoms with Crippen molar-refractivity contribution >= 4 is 43.1 Å². The Bertz CT molecular complexity index is 1080. The van der Waals surface area contributed by atoms with Crippen molar-refractivity contribution in [1.82, 2.24) is 14.3 Å². The van der Waals surface area contributed by atoms with Gasteiger partial charge in [-0.05, 0) is 49.4 Å². The van der Waals surface area contributed by atoms with E-state index in [1.54, 1.807) is 22.5 Å². The van der Waals surface area contributed by atoms with Crippen LogP contribution in [-0.4, -0.2) is 42.4 Å². The summed E-state index contributed by atoms with van der Waals surface area (Å²) in [6.07, 6.45) is 4.34. The molecular formula is C19H22N4O3S2. The quantitative estimate of drug-likeness (QED) is 0.651. The predicted octanol–water partition coefficient (Wildman–Crippen LogP) is 4.01. The van der Waals surface area contributed by atoms with Crippen LogP contribution in [0, 0.1) is 0 Å². The number of hydrogen-bond acceptors (Lipinski definition) is 7. The van der Waals surface area contributed by atoms with Crippen molar-refractivity contribution < 1.29 is 13.2 Å². The zero-order valence-corrected chi connectivity index (χ0v) is 17.2. The number of rotatable bonds is 6. The summed E-state index contributed by atoms with van der Waals surface area (Å²) in [5, 5.41) is 6.09. The van der Waals surface area contributed by atoms with Crippen molar-refractivity contribution in [1.29, 1.82) is 0 Å². The standard InChI is InChI=1S/C19H22N4O3S2/c1-2-26-16-7-6-14(22-18-15-8-11-27-19(15)21-13-20-18)12-17(16)28(24,25)23-9-4-3-5-10-23/h6-8,11-13H,2-5,9-10H2,1H3,(H,20,21,22). The minimum atomic E-state index is -3.62. The van der Waals surface area contributed by atoms with Gasteiger partial charge in [0.25, 0.3) is 0 Å². The fourth-order valence-corrected chi connectivity index (χ4v) is 5.74. The Labute approximate surface area is 168 Å². The van der Waals surface area contributed by atoms with Gasteiger partial charge in [-0.3, -0.25) is 0 Å². The third-order valence-electron chi connectivity index (χ3n) is 4.70. The SMILES string of the molecule is CCOc1ccc(Nc2ncnc3sccc23)cc1S(=O)(=O)N1CCCCC1. The minimum Gasteiger partial charge on any atom is -0.492 e. The number of sulfonamides is 1. The molecule has 3 aromatic rings. The van der Waals surface area contributed by atoms with E-state index >= 15 is 0 Å². The summed E-state index contributed by atoms with van der Waals surface area (Å²) in [5.41, 5.74) is 0.644. The van der Waals surface area contributed by atoms with Gasteiger partial charge in [0.2, 0.25) is 10.0 Å². The molecule has 3 heterocycles. The molecular weight excluding hydrogens is 396 g/mol. The molecule has 1 aliphatic rings. The van der Waals surface area contributed by atoms with Gasteiger partial charge in [-0.2, -0.15) is 4.31 Å². The van der Waals surface area contributed by atoms with Crippen LogP contribution in [0.2, 0.25) is 0 Å². The van der Waals surface area contributed by atoms with Gasteiger partial charge in [0.05, 0.1) is 12.0 Å². The lowest BCUT2D eigenvalue weighted by atomic mass is 10.2. The molecule has 28 heavy (non-hydrogen) atoms. The summed E-state index contributed by atoms with van der Waals surface area (Å²) in [6, 6.07) is 7.09. The molecule has 2 aromatic heterocycles. The minimum absolute atomic E-state index is 0.192. The molecule has 1 N–H and O–H groups in total. The molecule has 0 amide bonds. The number of nitrogens with zero attached hydrogens (tertiary/aromatic N) is 3. The van der Waals surface area contributed by atoms with Crippen LogP contribution in [0.3, 0.4) is 0 Å². The molecule has 0 atom stereocenters. The van der Waals surface area contributed by atoms with Gasteiger partial charge >= 0.3 is 0 Å². The fourth-order valence-electron chi connectivity index (χ4n) is 3.33. The van der Waals surface area contributed by atoms with E-state index in [-0.39, 0.29) is 4.90 Å². The lowest BCUT2D eigenvalue weighted by Crippen LogP contribution is -2.35. The summed E-state index contributed by atoms with van der Waals surface area (Å²) in [4.78, 5) is 9.62. The van der Waals surface area contributed by atoms with E-state index in [9.17, 15) is 8.42 Å². The molecule has 0 bridgehead atoms. The smallest absolute Gasteiger partial charge is 0.246 e. The fraction of sp³-hybridized carbons (Fsp3) is 0.368. The first-order valence-corrected chi connectivity index (χ1v) is 11.6. The first kappa shape index (κ1) is 19.1. The highest BCUT2D eigenvalue weighted by Gasteiger charge is 2.29. The number of fused-ring (bicyclic) bond motifs is 1. The second-order valence-electron chi connectivity index (χ2n) is 6.55. The molecule has 0 saturated carbocycles. The average molecular weight is 419 g/mol. The maximum Gasteiger partial charge on any atom is 0.246 e. The molecule has 9 heteroatoms. The average Bonchev–Trinajstić information content (AvgIpc) is 3.20. The molecule has 7 nitrogen and oxygen atoms in total. The second kappa shape index (κ2) is 8.02. The number of piperidine rings is 1. The van der Waals surface area contributed by atoms with Crippen molar-refractivity contribution in [2.24, 2.45) is 0 Å². The Morgan fingerprint density at radius 2 is 2.00 bits per heavy atom. The monoisotopic (exact) mass is 418 g/mol. The summed E-state index contributed by atoms with van der Waals surface area (Å²) in [6.45, 7) is 3.34. The van der Waals surface area contributed by atoms with Gasteiger partial charge in [0.15, 0.2) is 0 Å². The summed E-state index contributed by atoms with van der Waals surface area (Å²) in [5.74, 6) is 1.03. The normalized spacial score (nSPS) is 15.6. The highest BCUT2D eigenvalue weighted by molar-refractivity contribution is 7.89. The molecule has 0 unspecified atom stereocenters. The van der Waals surface area contributed by atoms with Crippen LogP contribution in [0.15, 0.2) is 40.9 Å². The van der Waals surface area contributed by atoms with Crippen molar-refractivity contribution in [2.75, 3.05) is 25.0 Å². The molecule has 1 aromatic carbocycles. The Hall–Kier alpha value is -2.23. The number of aromatic nitrogens is 2. The van der Waals surface area contributed by atoms with Crippen molar-refractivity contribution in [2.45, 2.75) is 31.1 Å². The maximum atomic E-state index is 13.3. The van der Waals surface area contributed by atoms with Gasteiger partial charge in [0.1, 0.15) is 27.6 Å². The molecule has 1 saturated heterocycles. The van der Waals surface area contributed by atoms with Crippen LogP contribution in [0.4, 0.5) is 11.5 Å². The number of benzene rings is 1. The van der Waals surface area contributed by atoms with Crippen LogP contribution in [-0.2, 0) is 10.0 Å². The largest absolute Gasteiger partial charge is 0.492 e. The molecule has 0 aliphatic carbocycles. The van der Waals surface area contributed by atoms with Gasteiger partial charge in [-0.1, -0.05) is 6.42 Å². The maximum absolute atomic E-state index is 13.3. The molecule has 0 spiro atoms. The van der Waals surface area contributed by atoms with E-state index in [0.717, 1.165) is 29.5 Å². The van der Waals surface area contributed by atoms with E-state index < -0.39 is 10.0 Å². The third-order valence-corrected chi connectivity index (χ3v) is 7.44. The zero-order chi connectivity index (χ0) is 19.6. The van der Waals surface area contributed by atoms with E-state index in [1.807, 2.05) is 18.4 Å². The highest BCUT2D eigenvalue weighted by atomic mass is 32.2. The molecule has 148 valence electrons. The Balaban J connectivity index is 1.72. The molecule has 1 fully saturated rings. The number of ether oxygens (including phenoxy) is 1. The topological polar surface area (TPSA) is 84.4 Å². The Morgan fingerprint density at radius 3 is 2.79 bits per heavy atom. The predicted molar refractivity (Wildman–Crippen MR) is 111 cm³/mol.